The number of hydrogen-bond donors (Lipinski definition) is 1. The van der Waals surface area contributed by atoms with Gasteiger partial charge in [0.1, 0.15) is 0 Å². The van der Waals surface area contributed by atoms with E-state index in [1.165, 1.54) is 11.4 Å². The fourth-order valence-corrected chi connectivity index (χ4v) is 3.83. The normalized spacial score (nSPS) is 26.4. The van der Waals surface area contributed by atoms with Crippen LogP contribution in [0.15, 0.2) is 0 Å². The molecule has 1 rings (SSSR count). The lowest BCUT2D eigenvalue weighted by atomic mass is 9.95. The molecule has 0 aromatic rings. The molecular formula is C11H22N2O4S. The van der Waals surface area contributed by atoms with E-state index in [0.717, 1.165) is 17.1 Å². The van der Waals surface area contributed by atoms with Gasteiger partial charge in [-0.25, -0.2) is 0 Å². The summed E-state index contributed by atoms with van der Waals surface area (Å²) in [5.74, 6) is -0.451. The number of carbonyl (C=O) groups is 1. The van der Waals surface area contributed by atoms with Gasteiger partial charge in [-0.1, -0.05) is 6.92 Å². The summed E-state index contributed by atoms with van der Waals surface area (Å²) in [7, 11) is -2.09. The summed E-state index contributed by atoms with van der Waals surface area (Å²) in [5, 5.41) is 8.59. The van der Waals surface area contributed by atoms with Crippen LogP contribution >= 0.6 is 0 Å². The van der Waals surface area contributed by atoms with Crippen molar-refractivity contribution in [2.45, 2.75) is 39.2 Å². The van der Waals surface area contributed by atoms with Gasteiger partial charge in [0.2, 0.25) is 0 Å². The molecule has 0 aliphatic carbocycles. The van der Waals surface area contributed by atoms with Crippen molar-refractivity contribution in [3.8, 4) is 0 Å². The molecule has 2 unspecified atom stereocenters. The Hall–Kier alpha value is -0.660. The molecule has 0 aromatic heterocycles. The molecular weight excluding hydrogens is 256 g/mol. The second-order valence-electron chi connectivity index (χ2n) is 5.06. The first kappa shape index (κ1) is 15.4. The van der Waals surface area contributed by atoms with Crippen molar-refractivity contribution in [2.75, 3.05) is 20.1 Å². The van der Waals surface area contributed by atoms with Crippen LogP contribution in [0.2, 0.25) is 0 Å². The Morgan fingerprint density at radius 1 is 1.44 bits per heavy atom. The summed E-state index contributed by atoms with van der Waals surface area (Å²) in [4.78, 5) is 10.5. The smallest absolute Gasteiger partial charge is 0.304 e. The number of hydrogen-bond acceptors (Lipinski definition) is 3. The average molecular weight is 278 g/mol. The first-order chi connectivity index (χ1) is 8.25. The highest BCUT2D eigenvalue weighted by atomic mass is 32.2. The van der Waals surface area contributed by atoms with E-state index in [9.17, 15) is 13.2 Å². The number of rotatable bonds is 5. The lowest BCUT2D eigenvalue weighted by Crippen LogP contribution is -2.50. The predicted molar refractivity (Wildman–Crippen MR) is 68.4 cm³/mol. The van der Waals surface area contributed by atoms with Crippen molar-refractivity contribution in [1.29, 1.82) is 0 Å². The number of aliphatic carboxylic acids is 1. The molecule has 1 fully saturated rings. The minimum atomic E-state index is -3.53. The molecule has 2 atom stereocenters. The van der Waals surface area contributed by atoms with E-state index >= 15 is 0 Å². The highest BCUT2D eigenvalue weighted by molar-refractivity contribution is 7.86. The summed E-state index contributed by atoms with van der Waals surface area (Å²) >= 11 is 0. The summed E-state index contributed by atoms with van der Waals surface area (Å²) in [5.41, 5.74) is 0. The van der Waals surface area contributed by atoms with Crippen LogP contribution in [0.3, 0.4) is 0 Å². The SMILES string of the molecule is CC1CCN(S(=O)(=O)N(C)CCC(=O)O)C(C)C1. The van der Waals surface area contributed by atoms with E-state index in [1.807, 2.05) is 6.92 Å². The lowest BCUT2D eigenvalue weighted by Gasteiger charge is -2.37. The van der Waals surface area contributed by atoms with E-state index in [2.05, 4.69) is 6.92 Å². The Bertz CT molecular complexity index is 396. The zero-order valence-electron chi connectivity index (χ0n) is 11.2. The van der Waals surface area contributed by atoms with Crippen molar-refractivity contribution in [2.24, 2.45) is 5.92 Å². The predicted octanol–water partition coefficient (Wildman–Crippen LogP) is 0.758. The van der Waals surface area contributed by atoms with E-state index in [4.69, 9.17) is 5.11 Å². The molecule has 0 radical (unpaired) electrons. The molecule has 7 heteroatoms. The minimum absolute atomic E-state index is 0.0104. The number of carboxylic acids is 1. The fourth-order valence-electron chi connectivity index (χ4n) is 2.28. The number of carboxylic acid groups (broad SMARTS) is 1. The molecule has 1 heterocycles. The van der Waals surface area contributed by atoms with Crippen LogP contribution < -0.4 is 0 Å². The van der Waals surface area contributed by atoms with Crippen LogP contribution in [0.4, 0.5) is 0 Å². The Labute approximate surface area is 109 Å². The van der Waals surface area contributed by atoms with Gasteiger partial charge in [-0.05, 0) is 25.7 Å². The number of nitrogens with zero attached hydrogens (tertiary/aromatic N) is 2. The topological polar surface area (TPSA) is 77.9 Å². The Morgan fingerprint density at radius 2 is 2.06 bits per heavy atom. The second-order valence-corrected chi connectivity index (χ2v) is 7.05. The van der Waals surface area contributed by atoms with Gasteiger partial charge in [0.15, 0.2) is 0 Å². The fraction of sp³-hybridized carbons (Fsp3) is 0.909. The van der Waals surface area contributed by atoms with Gasteiger partial charge < -0.3 is 5.11 Å². The van der Waals surface area contributed by atoms with E-state index in [0.29, 0.717) is 12.5 Å². The van der Waals surface area contributed by atoms with Crippen molar-refractivity contribution < 1.29 is 18.3 Å². The number of piperidine rings is 1. The van der Waals surface area contributed by atoms with Crippen LogP contribution in [-0.2, 0) is 15.0 Å². The average Bonchev–Trinajstić information content (AvgIpc) is 2.24. The molecule has 0 amide bonds. The van der Waals surface area contributed by atoms with Gasteiger partial charge in [-0.3, -0.25) is 4.79 Å². The Kier molecular flexibility index (Phi) is 5.12. The standard InChI is InChI=1S/C11H22N2O4S/c1-9-4-7-13(10(2)8-9)18(16,17)12(3)6-5-11(14)15/h9-10H,4-8H2,1-3H3,(H,14,15). The highest BCUT2D eigenvalue weighted by Crippen LogP contribution is 2.25. The zero-order chi connectivity index (χ0) is 13.9. The monoisotopic (exact) mass is 278 g/mol. The first-order valence-corrected chi connectivity index (χ1v) is 7.59. The van der Waals surface area contributed by atoms with Crippen LogP contribution in [0, 0.1) is 5.92 Å². The summed E-state index contributed by atoms with van der Waals surface area (Å²) in [6, 6.07) is -0.0222. The van der Waals surface area contributed by atoms with Crippen LogP contribution in [0.25, 0.3) is 0 Å². The molecule has 6 nitrogen and oxygen atoms in total. The quantitative estimate of drug-likeness (QED) is 0.805. The largest absolute Gasteiger partial charge is 0.481 e. The van der Waals surface area contributed by atoms with Crippen LogP contribution in [0.1, 0.15) is 33.1 Å². The molecule has 0 spiro atoms. The Balaban J connectivity index is 2.70. The van der Waals surface area contributed by atoms with Gasteiger partial charge in [0.05, 0.1) is 6.42 Å². The van der Waals surface area contributed by atoms with Crippen molar-refractivity contribution >= 4 is 16.2 Å². The van der Waals surface area contributed by atoms with E-state index in [1.54, 1.807) is 0 Å². The van der Waals surface area contributed by atoms with Crippen molar-refractivity contribution in [1.82, 2.24) is 8.61 Å². The maximum atomic E-state index is 12.3. The molecule has 106 valence electrons. The highest BCUT2D eigenvalue weighted by Gasteiger charge is 2.34. The van der Waals surface area contributed by atoms with Gasteiger partial charge in [0, 0.05) is 26.2 Å². The maximum absolute atomic E-state index is 12.3. The zero-order valence-corrected chi connectivity index (χ0v) is 12.0. The van der Waals surface area contributed by atoms with Gasteiger partial charge >= 0.3 is 5.97 Å². The van der Waals surface area contributed by atoms with Crippen molar-refractivity contribution in [3.63, 3.8) is 0 Å². The summed E-state index contributed by atoms with van der Waals surface area (Å²) in [6.45, 7) is 4.55. The summed E-state index contributed by atoms with van der Waals surface area (Å²) < 4.78 is 27.2. The lowest BCUT2D eigenvalue weighted by molar-refractivity contribution is -0.137. The third-order valence-corrected chi connectivity index (χ3v) is 5.51. The Morgan fingerprint density at radius 3 is 2.56 bits per heavy atom. The molecule has 0 bridgehead atoms. The second kappa shape index (κ2) is 5.99. The molecule has 1 aliphatic rings. The van der Waals surface area contributed by atoms with E-state index < -0.39 is 16.2 Å². The van der Waals surface area contributed by atoms with Gasteiger partial charge in [-0.2, -0.15) is 17.0 Å². The van der Waals surface area contributed by atoms with Crippen LogP contribution in [-0.4, -0.2) is 54.3 Å². The van der Waals surface area contributed by atoms with Crippen LogP contribution in [0.5, 0.6) is 0 Å². The minimum Gasteiger partial charge on any atom is -0.481 e. The maximum Gasteiger partial charge on any atom is 0.304 e. The molecule has 1 saturated heterocycles. The molecule has 1 aliphatic heterocycles. The van der Waals surface area contributed by atoms with Crippen molar-refractivity contribution in [3.05, 3.63) is 0 Å². The van der Waals surface area contributed by atoms with Gasteiger partial charge in [-0.15, -0.1) is 0 Å². The van der Waals surface area contributed by atoms with E-state index in [-0.39, 0.29) is 19.0 Å². The molecule has 18 heavy (non-hydrogen) atoms. The summed E-state index contributed by atoms with van der Waals surface area (Å²) in [6.07, 6.45) is 1.54. The third kappa shape index (κ3) is 3.66. The molecule has 1 N–H and O–H groups in total. The molecule has 0 saturated carbocycles. The van der Waals surface area contributed by atoms with Gasteiger partial charge in [0.25, 0.3) is 10.2 Å². The third-order valence-electron chi connectivity index (χ3n) is 3.41. The first-order valence-electron chi connectivity index (χ1n) is 6.20. The molecule has 0 aromatic carbocycles.